The molecule has 1 aromatic heterocycles. The van der Waals surface area contributed by atoms with Gasteiger partial charge >= 0.3 is 6.18 Å². The Morgan fingerprint density at radius 1 is 1.39 bits per heavy atom. The van der Waals surface area contributed by atoms with E-state index >= 15 is 0 Å². The van der Waals surface area contributed by atoms with Gasteiger partial charge in [0.2, 0.25) is 0 Å². The fourth-order valence-electron chi connectivity index (χ4n) is 1.68. The molecule has 0 aliphatic carbocycles. The first-order valence-electron chi connectivity index (χ1n) is 5.51. The van der Waals surface area contributed by atoms with Gasteiger partial charge in [-0.25, -0.2) is 0 Å². The zero-order valence-electron chi connectivity index (χ0n) is 10.4. The first kappa shape index (κ1) is 14.6. The van der Waals surface area contributed by atoms with E-state index in [1.54, 1.807) is 20.8 Å². The Hall–Kier alpha value is -1.43. The van der Waals surface area contributed by atoms with Crippen LogP contribution in [0, 0.1) is 0 Å². The number of hydrogen-bond donors (Lipinski definition) is 1. The van der Waals surface area contributed by atoms with Crippen LogP contribution in [0.25, 0.3) is 0 Å². The van der Waals surface area contributed by atoms with Crippen LogP contribution in [0.2, 0.25) is 0 Å². The average Bonchev–Trinajstić information content (AvgIpc) is 2.27. The maximum Gasteiger partial charge on any atom is 0.417 e. The Balaban J connectivity index is 3.22. The minimum Gasteiger partial charge on any atom is -0.305 e. The molecule has 1 aromatic rings. The molecule has 0 radical (unpaired) electrons. The monoisotopic (exact) mass is 260 g/mol. The van der Waals surface area contributed by atoms with Crippen molar-refractivity contribution < 1.29 is 18.0 Å². The minimum absolute atomic E-state index is 0.407. The molecule has 3 nitrogen and oxygen atoms in total. The van der Waals surface area contributed by atoms with Crippen LogP contribution >= 0.6 is 0 Å². The molecule has 0 amide bonds. The van der Waals surface area contributed by atoms with E-state index in [0.29, 0.717) is 6.54 Å². The number of rotatable bonds is 4. The first-order chi connectivity index (χ1) is 8.20. The molecule has 0 atom stereocenters. The lowest BCUT2D eigenvalue weighted by Gasteiger charge is -2.25. The van der Waals surface area contributed by atoms with E-state index in [1.807, 2.05) is 0 Å². The molecule has 0 bridgehead atoms. The van der Waals surface area contributed by atoms with Crippen LogP contribution in [0.1, 0.15) is 36.7 Å². The SMILES string of the molecule is CCNC(C)(C)C(=O)c1cnccc1C(F)(F)F. The second-order valence-corrected chi connectivity index (χ2v) is 4.40. The number of nitrogens with one attached hydrogen (secondary N) is 1. The number of carbonyl (C=O) groups excluding carboxylic acids is 1. The van der Waals surface area contributed by atoms with Gasteiger partial charge in [0.25, 0.3) is 0 Å². The van der Waals surface area contributed by atoms with Gasteiger partial charge in [-0.3, -0.25) is 9.78 Å². The first-order valence-corrected chi connectivity index (χ1v) is 5.51. The maximum atomic E-state index is 12.8. The van der Waals surface area contributed by atoms with Gasteiger partial charge in [-0.15, -0.1) is 0 Å². The van der Waals surface area contributed by atoms with Crippen molar-refractivity contribution in [1.29, 1.82) is 0 Å². The van der Waals surface area contributed by atoms with E-state index in [-0.39, 0.29) is 0 Å². The Kier molecular flexibility index (Phi) is 4.11. The average molecular weight is 260 g/mol. The van der Waals surface area contributed by atoms with Gasteiger partial charge in [0.1, 0.15) is 0 Å². The molecule has 0 aliphatic heterocycles. The number of alkyl halides is 3. The number of Topliss-reactive ketones (excluding diaryl/α,β-unsaturated/α-hetero) is 1. The number of ketones is 1. The number of halogens is 3. The third-order valence-corrected chi connectivity index (χ3v) is 2.56. The number of hydrogen-bond acceptors (Lipinski definition) is 3. The summed E-state index contributed by atoms with van der Waals surface area (Å²) >= 11 is 0. The van der Waals surface area contributed by atoms with Crippen LogP contribution in [-0.2, 0) is 6.18 Å². The van der Waals surface area contributed by atoms with Crippen molar-refractivity contribution in [3.63, 3.8) is 0 Å². The van der Waals surface area contributed by atoms with Gasteiger partial charge < -0.3 is 5.32 Å². The highest BCUT2D eigenvalue weighted by Crippen LogP contribution is 2.32. The predicted molar refractivity (Wildman–Crippen MR) is 61.3 cm³/mol. The summed E-state index contributed by atoms with van der Waals surface area (Å²) in [5.41, 5.74) is -2.41. The van der Waals surface area contributed by atoms with E-state index in [2.05, 4.69) is 10.3 Å². The lowest BCUT2D eigenvalue weighted by atomic mass is 9.91. The third kappa shape index (κ3) is 3.07. The van der Waals surface area contributed by atoms with E-state index < -0.39 is 28.6 Å². The van der Waals surface area contributed by atoms with E-state index in [9.17, 15) is 18.0 Å². The van der Waals surface area contributed by atoms with Crippen molar-refractivity contribution >= 4 is 5.78 Å². The van der Waals surface area contributed by atoms with Gasteiger partial charge in [0, 0.05) is 12.4 Å². The fraction of sp³-hybridized carbons (Fsp3) is 0.500. The second-order valence-electron chi connectivity index (χ2n) is 4.40. The molecule has 6 heteroatoms. The molecule has 0 saturated carbocycles. The van der Waals surface area contributed by atoms with E-state index in [1.165, 1.54) is 0 Å². The van der Waals surface area contributed by atoms with Crippen molar-refractivity contribution in [1.82, 2.24) is 10.3 Å². The van der Waals surface area contributed by atoms with E-state index in [4.69, 9.17) is 0 Å². The minimum atomic E-state index is -4.56. The highest BCUT2D eigenvalue weighted by atomic mass is 19.4. The molecule has 0 spiro atoms. The summed E-state index contributed by atoms with van der Waals surface area (Å²) in [6.07, 6.45) is -2.57. The Bertz CT molecular complexity index is 441. The number of nitrogens with zero attached hydrogens (tertiary/aromatic N) is 1. The quantitative estimate of drug-likeness (QED) is 0.846. The highest BCUT2D eigenvalue weighted by molar-refractivity contribution is 6.03. The maximum absolute atomic E-state index is 12.8. The Labute approximate surface area is 103 Å². The zero-order valence-corrected chi connectivity index (χ0v) is 10.4. The molecule has 1 heterocycles. The van der Waals surface area contributed by atoms with Crippen molar-refractivity contribution in [3.8, 4) is 0 Å². The molecule has 0 aromatic carbocycles. The Morgan fingerprint density at radius 2 is 2.00 bits per heavy atom. The standard InChI is InChI=1S/C12H15F3N2O/c1-4-17-11(2,3)10(18)8-7-16-6-5-9(8)12(13,14)15/h5-7,17H,4H2,1-3H3. The molecule has 1 N–H and O–H groups in total. The third-order valence-electron chi connectivity index (χ3n) is 2.56. The number of aromatic nitrogens is 1. The number of pyridine rings is 1. The smallest absolute Gasteiger partial charge is 0.305 e. The van der Waals surface area contributed by atoms with Crippen LogP contribution in [0.15, 0.2) is 18.5 Å². The zero-order chi connectivity index (χ0) is 14.0. The summed E-state index contributed by atoms with van der Waals surface area (Å²) in [5.74, 6) is -0.621. The van der Waals surface area contributed by atoms with Crippen molar-refractivity contribution in [2.45, 2.75) is 32.5 Å². The largest absolute Gasteiger partial charge is 0.417 e. The number of carbonyl (C=O) groups is 1. The summed E-state index contributed by atoms with van der Waals surface area (Å²) < 4.78 is 38.3. The molecule has 0 unspecified atom stereocenters. The molecule has 1 rings (SSSR count). The molecule has 100 valence electrons. The summed E-state index contributed by atoms with van der Waals surface area (Å²) in [7, 11) is 0. The molecule has 0 fully saturated rings. The lowest BCUT2D eigenvalue weighted by molar-refractivity contribution is -0.138. The van der Waals surface area contributed by atoms with Crippen LogP contribution in [-0.4, -0.2) is 22.9 Å². The van der Waals surface area contributed by atoms with E-state index in [0.717, 1.165) is 18.5 Å². The van der Waals surface area contributed by atoms with Crippen molar-refractivity contribution in [2.75, 3.05) is 6.54 Å². The highest BCUT2D eigenvalue weighted by Gasteiger charge is 2.38. The summed E-state index contributed by atoms with van der Waals surface area (Å²) in [4.78, 5) is 15.7. The van der Waals surface area contributed by atoms with Gasteiger partial charge in [-0.1, -0.05) is 6.92 Å². The van der Waals surface area contributed by atoms with Crippen LogP contribution in [0.4, 0.5) is 13.2 Å². The topological polar surface area (TPSA) is 42.0 Å². The van der Waals surface area contributed by atoms with Gasteiger partial charge in [0.15, 0.2) is 5.78 Å². The van der Waals surface area contributed by atoms with Crippen LogP contribution < -0.4 is 5.32 Å². The number of likely N-dealkylation sites (N-methyl/N-ethyl adjacent to an activating group) is 1. The second kappa shape index (κ2) is 5.06. The summed E-state index contributed by atoms with van der Waals surface area (Å²) in [5, 5.41) is 2.85. The fourth-order valence-corrected chi connectivity index (χ4v) is 1.68. The van der Waals surface area contributed by atoms with Crippen molar-refractivity contribution in [2.24, 2.45) is 0 Å². The van der Waals surface area contributed by atoms with Gasteiger partial charge in [-0.05, 0) is 26.5 Å². The molecular weight excluding hydrogens is 245 g/mol. The molecular formula is C12H15F3N2O. The van der Waals surface area contributed by atoms with Crippen LogP contribution in [0.5, 0.6) is 0 Å². The molecule has 18 heavy (non-hydrogen) atoms. The van der Waals surface area contributed by atoms with Gasteiger partial charge in [0.05, 0.1) is 16.7 Å². The van der Waals surface area contributed by atoms with Crippen molar-refractivity contribution in [3.05, 3.63) is 29.6 Å². The van der Waals surface area contributed by atoms with Gasteiger partial charge in [-0.2, -0.15) is 13.2 Å². The Morgan fingerprint density at radius 3 is 2.50 bits per heavy atom. The summed E-state index contributed by atoms with van der Waals surface area (Å²) in [6, 6.07) is 0.815. The van der Waals surface area contributed by atoms with Crippen LogP contribution in [0.3, 0.4) is 0 Å². The normalized spacial score (nSPS) is 12.6. The molecule has 0 aliphatic rings. The lowest BCUT2D eigenvalue weighted by Crippen LogP contribution is -2.47. The predicted octanol–water partition coefficient (Wildman–Crippen LogP) is 2.67. The molecule has 0 saturated heterocycles. The summed E-state index contributed by atoms with van der Waals surface area (Å²) in [6.45, 7) is 5.36.